The zero-order valence-electron chi connectivity index (χ0n) is 32.9. The van der Waals surface area contributed by atoms with Gasteiger partial charge in [-0.3, -0.25) is 0 Å². The van der Waals surface area contributed by atoms with E-state index in [9.17, 15) is 4.11 Å². The molecule has 9 rings (SSSR count). The van der Waals surface area contributed by atoms with Gasteiger partial charge in [0.2, 0.25) is 0 Å². The van der Waals surface area contributed by atoms with Crippen molar-refractivity contribution in [1.82, 2.24) is 0 Å². The van der Waals surface area contributed by atoms with E-state index in [2.05, 4.69) is 6.07 Å². The van der Waals surface area contributed by atoms with Gasteiger partial charge in [-0.15, -0.1) is 0 Å². The quantitative estimate of drug-likeness (QED) is 0.158. The fourth-order valence-electron chi connectivity index (χ4n) is 6.07. The molecule has 0 unspecified atom stereocenters. The Morgan fingerprint density at radius 1 is 0.400 bits per heavy atom. The lowest BCUT2D eigenvalue weighted by Gasteiger charge is -2.18. The van der Waals surface area contributed by atoms with E-state index in [1.165, 1.54) is 0 Å². The summed E-state index contributed by atoms with van der Waals surface area (Å²) in [5, 5.41) is 3.98. The maximum atomic E-state index is 9.72. The lowest BCUT2D eigenvalue weighted by Crippen LogP contribution is -1.90. The molecule has 0 nitrogen and oxygen atoms in total. The van der Waals surface area contributed by atoms with Gasteiger partial charge >= 0.3 is 0 Å². The Morgan fingerprint density at radius 3 is 2.05 bits per heavy atom. The SMILES string of the molecule is [2H]c1c([2H])c([2H])c2c([2H])c3c(c([2H])c([2H])c4c([2H])c([2H])c([2H])c([2H])c43)c(-c3cc4ccc5c(-c6ccccc6)ccc6ccc(c3[2H])c4c65)c2c1[2H]. The molecule has 0 fully saturated rings. The zero-order chi connectivity index (χ0) is 36.7. The van der Waals surface area contributed by atoms with Gasteiger partial charge in [-0.05, 0) is 105 Å². The molecular weight excluding hydrogens is 480 g/mol. The van der Waals surface area contributed by atoms with Gasteiger partial charge in [0.05, 0.1) is 16.4 Å². The Labute approximate surface area is 248 Å². The van der Waals surface area contributed by atoms with E-state index in [4.69, 9.17) is 12.3 Å². The highest BCUT2D eigenvalue weighted by molar-refractivity contribution is 6.27. The van der Waals surface area contributed by atoms with E-state index >= 15 is 0 Å². The third kappa shape index (κ3) is 3.02. The summed E-state index contributed by atoms with van der Waals surface area (Å²) < 4.78 is 107. The molecule has 40 heavy (non-hydrogen) atoms. The van der Waals surface area contributed by atoms with Crippen molar-refractivity contribution in [2.45, 2.75) is 0 Å². The van der Waals surface area contributed by atoms with Crippen molar-refractivity contribution in [1.29, 1.82) is 0 Å². The van der Waals surface area contributed by atoms with E-state index in [0.29, 0.717) is 5.39 Å². The summed E-state index contributed by atoms with van der Waals surface area (Å²) in [7, 11) is 0. The Morgan fingerprint density at radius 2 is 1.15 bits per heavy atom. The molecule has 0 atom stereocenters. The Hall–Kier alpha value is -5.20. The van der Waals surface area contributed by atoms with E-state index in [1.807, 2.05) is 60.7 Å². The lowest BCUT2D eigenvalue weighted by molar-refractivity contribution is 1.66. The van der Waals surface area contributed by atoms with Crippen LogP contribution < -0.4 is 0 Å². The van der Waals surface area contributed by atoms with E-state index in [-0.39, 0.29) is 49.5 Å². The van der Waals surface area contributed by atoms with Crippen molar-refractivity contribution in [2.24, 2.45) is 0 Å². The maximum Gasteiger partial charge on any atom is 0.0636 e. The number of hydrogen-bond acceptors (Lipinski definition) is 0. The van der Waals surface area contributed by atoms with Crippen molar-refractivity contribution in [3.8, 4) is 22.3 Å². The molecule has 0 spiro atoms. The third-order valence-electron chi connectivity index (χ3n) is 7.81. The molecule has 0 N–H and O–H groups in total. The molecule has 9 aromatic rings. The van der Waals surface area contributed by atoms with Crippen LogP contribution in [0.3, 0.4) is 0 Å². The summed E-state index contributed by atoms with van der Waals surface area (Å²) in [5.41, 5.74) is 2.29. The second-order valence-electron chi connectivity index (χ2n) is 9.95. The first-order chi connectivity index (χ1) is 24.8. The molecule has 0 heteroatoms. The summed E-state index contributed by atoms with van der Waals surface area (Å²) in [6.45, 7) is 0. The predicted molar refractivity (Wildman–Crippen MR) is 174 cm³/mol. The van der Waals surface area contributed by atoms with Gasteiger partial charge in [0.25, 0.3) is 0 Å². The van der Waals surface area contributed by atoms with E-state index in [0.717, 1.165) is 38.1 Å². The fourth-order valence-corrected chi connectivity index (χ4v) is 6.07. The summed E-state index contributed by atoms with van der Waals surface area (Å²) in [6.07, 6.45) is 0. The third-order valence-corrected chi connectivity index (χ3v) is 7.81. The minimum Gasteiger partial charge on any atom is -0.0622 e. The van der Waals surface area contributed by atoms with Crippen molar-refractivity contribution in [2.75, 3.05) is 0 Å². The molecule has 0 aromatic heterocycles. The van der Waals surface area contributed by atoms with Crippen LogP contribution in [-0.2, 0) is 0 Å². The molecule has 0 amide bonds. The van der Waals surface area contributed by atoms with Crippen molar-refractivity contribution >= 4 is 64.6 Å². The molecule has 0 aliphatic carbocycles. The number of rotatable bonds is 2. The van der Waals surface area contributed by atoms with Gasteiger partial charge in [0, 0.05) is 0 Å². The minimum absolute atomic E-state index is 0.000692. The normalized spacial score (nSPS) is 16.2. The van der Waals surface area contributed by atoms with Crippen molar-refractivity contribution in [3.05, 3.63) is 145 Å². The summed E-state index contributed by atoms with van der Waals surface area (Å²) in [6, 6.07) is 17.6. The van der Waals surface area contributed by atoms with Crippen LogP contribution in [0.2, 0.25) is 0 Å². The topological polar surface area (TPSA) is 0 Å². The van der Waals surface area contributed by atoms with Crippen LogP contribution in [0, 0.1) is 0 Å². The Bertz CT molecular complexity index is 3080. The average Bonchev–Trinajstić information content (AvgIpc) is 3.15. The highest BCUT2D eigenvalue weighted by Crippen LogP contribution is 2.44. The van der Waals surface area contributed by atoms with Gasteiger partial charge in [-0.1, -0.05) is 127 Å². The largest absolute Gasteiger partial charge is 0.0636 e. The molecule has 0 aliphatic rings. The highest BCUT2D eigenvalue weighted by atomic mass is 14.2. The first-order valence-electron chi connectivity index (χ1n) is 19.0. The molecule has 184 valence electrons. The van der Waals surface area contributed by atoms with Crippen molar-refractivity contribution < 1.29 is 16.4 Å². The number of fused-ring (bicyclic) bond motifs is 4. The first-order valence-corrected chi connectivity index (χ1v) is 13.0. The standard InChI is InChI=1S/C40H24/c1-2-8-25(9-3-1)33-19-17-27-14-15-29-22-31(23-30-18-21-35(33)40(27)38(29)30)39-34-13-7-5-11-28(34)24-37-32-12-6-4-10-26(32)16-20-36(37)39/h1-24H/i4D,5D,6D,7D,10D,11D,12D,13D,16D,20D,22D,24D. The van der Waals surface area contributed by atoms with Crippen LogP contribution in [0.5, 0.6) is 0 Å². The lowest BCUT2D eigenvalue weighted by atomic mass is 9.86. The number of hydrogen-bond donors (Lipinski definition) is 0. The predicted octanol–water partition coefficient (Wildman–Crippen LogP) is 11.4. The second-order valence-corrected chi connectivity index (χ2v) is 9.95. The molecular formula is C40H24. The van der Waals surface area contributed by atoms with Gasteiger partial charge in [0.15, 0.2) is 0 Å². The highest BCUT2D eigenvalue weighted by Gasteiger charge is 2.16. The number of benzene rings is 9. The van der Waals surface area contributed by atoms with Gasteiger partial charge < -0.3 is 0 Å². The van der Waals surface area contributed by atoms with Crippen LogP contribution in [0.15, 0.2) is 145 Å². The molecule has 0 aliphatic heterocycles. The molecule has 0 heterocycles. The van der Waals surface area contributed by atoms with Crippen LogP contribution in [-0.4, -0.2) is 0 Å². The van der Waals surface area contributed by atoms with E-state index in [1.54, 1.807) is 6.07 Å². The molecule has 0 saturated heterocycles. The van der Waals surface area contributed by atoms with Crippen LogP contribution >= 0.6 is 0 Å². The fraction of sp³-hybridized carbons (Fsp3) is 0. The minimum atomic E-state index is -0.606. The monoisotopic (exact) mass is 516 g/mol. The Kier molecular flexibility index (Phi) is 2.70. The molecule has 0 radical (unpaired) electrons. The van der Waals surface area contributed by atoms with Gasteiger partial charge in [0.1, 0.15) is 0 Å². The second kappa shape index (κ2) is 8.15. The first kappa shape index (κ1) is 13.2. The smallest absolute Gasteiger partial charge is 0.0622 e. The van der Waals surface area contributed by atoms with E-state index < -0.39 is 66.5 Å². The summed E-state index contributed by atoms with van der Waals surface area (Å²) in [4.78, 5) is 0. The summed E-state index contributed by atoms with van der Waals surface area (Å²) in [5.74, 6) is 0. The molecule has 0 saturated carbocycles. The summed E-state index contributed by atoms with van der Waals surface area (Å²) >= 11 is 0. The van der Waals surface area contributed by atoms with Crippen LogP contribution in [0.4, 0.5) is 0 Å². The zero-order valence-corrected chi connectivity index (χ0v) is 20.9. The van der Waals surface area contributed by atoms with Crippen molar-refractivity contribution in [3.63, 3.8) is 0 Å². The molecule has 0 bridgehead atoms. The van der Waals surface area contributed by atoms with Gasteiger partial charge in [-0.25, -0.2) is 0 Å². The van der Waals surface area contributed by atoms with Crippen LogP contribution in [0.25, 0.3) is 86.9 Å². The average molecular weight is 517 g/mol. The molecule has 9 aromatic carbocycles. The Balaban J connectivity index is 1.54. The van der Waals surface area contributed by atoms with Crippen LogP contribution in [0.1, 0.15) is 16.4 Å². The maximum absolute atomic E-state index is 9.72. The van der Waals surface area contributed by atoms with Gasteiger partial charge in [-0.2, -0.15) is 0 Å².